The van der Waals surface area contributed by atoms with E-state index in [-0.39, 0.29) is 11.1 Å². The summed E-state index contributed by atoms with van der Waals surface area (Å²) in [5.41, 5.74) is -1.17. The Hall–Kier alpha value is -0.950. The summed E-state index contributed by atoms with van der Waals surface area (Å²) < 4.78 is 0. The van der Waals surface area contributed by atoms with Crippen LogP contribution in [0.3, 0.4) is 0 Å². The minimum Gasteiger partial charge on any atom is -0.358 e. The molecule has 0 unspecified atom stereocenters. The Labute approximate surface area is 169 Å². The van der Waals surface area contributed by atoms with Gasteiger partial charge in [0.2, 0.25) is 0 Å². The predicted octanol–water partition coefficient (Wildman–Crippen LogP) is 2.55. The van der Waals surface area contributed by atoms with E-state index >= 15 is 0 Å². The number of hydrogen-bond acceptors (Lipinski definition) is 3. The Morgan fingerprint density at radius 1 is 0.808 bits per heavy atom. The third-order valence-electron chi connectivity index (χ3n) is 4.79. The van der Waals surface area contributed by atoms with Crippen molar-refractivity contribution in [1.29, 1.82) is 0 Å². The molecule has 0 aromatic heterocycles. The molecule has 5 nitrogen and oxygen atoms in total. The highest BCUT2D eigenvalue weighted by Gasteiger charge is 2.56. The molecule has 0 spiro atoms. The van der Waals surface area contributed by atoms with Crippen LogP contribution in [-0.4, -0.2) is 63.1 Å². The second-order valence-corrected chi connectivity index (χ2v) is 11.3. The topological polar surface area (TPSA) is 47.6 Å². The van der Waals surface area contributed by atoms with Crippen LogP contribution >= 0.6 is 24.4 Å². The molecular weight excluding hydrogens is 364 g/mol. The van der Waals surface area contributed by atoms with Gasteiger partial charge in [0.05, 0.1) is 10.8 Å². The van der Waals surface area contributed by atoms with Gasteiger partial charge in [0.25, 0.3) is 0 Å². The minimum atomic E-state index is -0.488. The van der Waals surface area contributed by atoms with Crippen molar-refractivity contribution in [1.82, 2.24) is 20.4 Å². The molecule has 0 amide bonds. The number of piperidine rings is 2. The van der Waals surface area contributed by atoms with Gasteiger partial charge in [0.15, 0.2) is 16.0 Å². The second kappa shape index (κ2) is 6.59. The molecule has 0 aromatic rings. The summed E-state index contributed by atoms with van der Waals surface area (Å²) in [6.45, 7) is 19.2. The zero-order valence-electron chi connectivity index (χ0n) is 17.4. The molecule has 0 atom stereocenters. The van der Waals surface area contributed by atoms with Crippen LogP contribution < -0.4 is 10.6 Å². The van der Waals surface area contributed by atoms with Crippen LogP contribution in [0.15, 0.2) is 0 Å². The lowest BCUT2D eigenvalue weighted by Gasteiger charge is -2.56. The van der Waals surface area contributed by atoms with Crippen LogP contribution in [0.5, 0.6) is 0 Å². The predicted molar refractivity (Wildman–Crippen MR) is 115 cm³/mol. The summed E-state index contributed by atoms with van der Waals surface area (Å²) in [5, 5.41) is 8.23. The first-order chi connectivity index (χ1) is 11.5. The summed E-state index contributed by atoms with van der Waals surface area (Å²) >= 11 is 11.3. The van der Waals surface area contributed by atoms with Crippen molar-refractivity contribution in [2.75, 3.05) is 26.2 Å². The van der Waals surface area contributed by atoms with E-state index in [0.717, 1.165) is 10.2 Å². The number of nitrogens with one attached hydrogen (secondary N) is 2. The number of thiocarbonyl (C=S) groups is 2. The number of hydrogen-bond donors (Lipinski definition) is 2. The third kappa shape index (κ3) is 4.66. The maximum Gasteiger partial charge on any atom is 0.169 e. The average molecular weight is 399 g/mol. The zero-order valence-corrected chi connectivity index (χ0v) is 19.1. The number of Topliss-reactive ketones (excluding diaryl/α,β-unsaturated/α-hetero) is 1. The van der Waals surface area contributed by atoms with E-state index in [9.17, 15) is 4.79 Å². The molecule has 0 radical (unpaired) electrons. The van der Waals surface area contributed by atoms with Crippen molar-refractivity contribution < 1.29 is 4.79 Å². The Kier molecular flexibility index (Phi) is 5.41. The SMILES string of the molecule is CC(C)(C)NC(=S)N1CC2(C)CN(C(=S)NC(C)(C)C)CC(C)(C1)C2=O. The largest absolute Gasteiger partial charge is 0.358 e. The van der Waals surface area contributed by atoms with Gasteiger partial charge in [-0.3, -0.25) is 4.79 Å². The highest BCUT2D eigenvalue weighted by atomic mass is 32.1. The van der Waals surface area contributed by atoms with E-state index in [1.54, 1.807) is 0 Å². The Morgan fingerprint density at radius 3 is 1.31 bits per heavy atom. The number of fused-ring (bicyclic) bond motifs is 2. The van der Waals surface area contributed by atoms with Crippen LogP contribution in [-0.2, 0) is 4.79 Å². The molecule has 2 aliphatic heterocycles. The van der Waals surface area contributed by atoms with Crippen molar-refractivity contribution >= 4 is 40.4 Å². The smallest absolute Gasteiger partial charge is 0.169 e. The normalized spacial score (nSPS) is 29.5. The average Bonchev–Trinajstić information content (AvgIpc) is 2.38. The molecule has 7 heteroatoms. The first kappa shape index (κ1) is 21.4. The molecular formula is C19H34N4OS2. The fourth-order valence-electron chi connectivity index (χ4n) is 4.00. The number of rotatable bonds is 0. The van der Waals surface area contributed by atoms with E-state index in [1.165, 1.54) is 0 Å². The van der Waals surface area contributed by atoms with Gasteiger partial charge in [-0.25, -0.2) is 0 Å². The summed E-state index contributed by atoms with van der Waals surface area (Å²) in [6.07, 6.45) is 0. The van der Waals surface area contributed by atoms with Gasteiger partial charge in [-0.05, 0) is 79.8 Å². The lowest BCUT2D eigenvalue weighted by atomic mass is 9.64. The fraction of sp³-hybridized carbons (Fsp3) is 0.842. The maximum absolute atomic E-state index is 13.2. The van der Waals surface area contributed by atoms with Crippen LogP contribution in [0.4, 0.5) is 0 Å². The summed E-state index contributed by atoms with van der Waals surface area (Å²) in [6, 6.07) is 0. The quantitative estimate of drug-likeness (QED) is 0.608. The van der Waals surface area contributed by atoms with Crippen LogP contribution in [0.25, 0.3) is 0 Å². The van der Waals surface area contributed by atoms with E-state index in [0.29, 0.717) is 32.0 Å². The maximum atomic E-state index is 13.2. The van der Waals surface area contributed by atoms with Crippen LogP contribution in [0, 0.1) is 10.8 Å². The van der Waals surface area contributed by atoms with E-state index < -0.39 is 10.8 Å². The molecule has 0 aromatic carbocycles. The Morgan fingerprint density at radius 2 is 1.08 bits per heavy atom. The van der Waals surface area contributed by atoms with Gasteiger partial charge in [0.1, 0.15) is 0 Å². The first-order valence-electron chi connectivity index (χ1n) is 9.24. The van der Waals surface area contributed by atoms with Crippen molar-refractivity contribution in [3.8, 4) is 0 Å². The molecule has 2 bridgehead atoms. The lowest BCUT2D eigenvalue weighted by Crippen LogP contribution is -2.71. The number of carbonyl (C=O) groups excluding carboxylic acids is 1. The molecule has 2 saturated heterocycles. The molecule has 2 rings (SSSR count). The first-order valence-corrected chi connectivity index (χ1v) is 10.1. The molecule has 0 aliphatic carbocycles. The molecule has 2 N–H and O–H groups in total. The van der Waals surface area contributed by atoms with Gasteiger partial charge >= 0.3 is 0 Å². The van der Waals surface area contributed by atoms with E-state index in [1.807, 2.05) is 13.8 Å². The number of likely N-dealkylation sites (tertiary alicyclic amines) is 2. The molecule has 0 saturated carbocycles. The van der Waals surface area contributed by atoms with Gasteiger partial charge in [0, 0.05) is 37.3 Å². The fourth-order valence-corrected chi connectivity index (χ4v) is 4.87. The van der Waals surface area contributed by atoms with Crippen LogP contribution in [0.1, 0.15) is 55.4 Å². The van der Waals surface area contributed by atoms with E-state index in [2.05, 4.69) is 62.0 Å². The highest BCUT2D eigenvalue weighted by Crippen LogP contribution is 2.42. The summed E-state index contributed by atoms with van der Waals surface area (Å²) in [7, 11) is 0. The van der Waals surface area contributed by atoms with Crippen LogP contribution in [0.2, 0.25) is 0 Å². The minimum absolute atomic E-state index is 0.0975. The van der Waals surface area contributed by atoms with Crippen molar-refractivity contribution in [2.24, 2.45) is 10.8 Å². The Balaban J connectivity index is 2.22. The number of ketones is 1. The number of carbonyl (C=O) groups is 1. The lowest BCUT2D eigenvalue weighted by molar-refractivity contribution is -0.151. The third-order valence-corrected chi connectivity index (χ3v) is 5.51. The monoisotopic (exact) mass is 398 g/mol. The number of nitrogens with zero attached hydrogens (tertiary/aromatic N) is 2. The van der Waals surface area contributed by atoms with Gasteiger partial charge in [-0.1, -0.05) is 0 Å². The molecule has 26 heavy (non-hydrogen) atoms. The van der Waals surface area contributed by atoms with Crippen molar-refractivity contribution in [3.05, 3.63) is 0 Å². The van der Waals surface area contributed by atoms with Crippen molar-refractivity contribution in [2.45, 2.75) is 66.5 Å². The van der Waals surface area contributed by atoms with Gasteiger partial charge in [-0.2, -0.15) is 0 Å². The van der Waals surface area contributed by atoms with Gasteiger partial charge < -0.3 is 20.4 Å². The standard InChI is InChI=1S/C19H34N4OS2/c1-16(2,3)20-14(25)22-9-18(7)11-23(15(26)21-17(4,5)6)12-19(8,10-22)13(18)24/h9-12H2,1-8H3,(H,20,25)(H,21,26). The zero-order chi connectivity index (χ0) is 20.1. The Bertz CT molecular complexity index is 554. The van der Waals surface area contributed by atoms with E-state index in [4.69, 9.17) is 24.4 Å². The molecule has 2 fully saturated rings. The van der Waals surface area contributed by atoms with Crippen molar-refractivity contribution in [3.63, 3.8) is 0 Å². The summed E-state index contributed by atoms with van der Waals surface area (Å²) in [5.74, 6) is 0.328. The molecule has 148 valence electrons. The molecule has 2 heterocycles. The summed E-state index contributed by atoms with van der Waals surface area (Å²) in [4.78, 5) is 17.5. The van der Waals surface area contributed by atoms with Gasteiger partial charge in [-0.15, -0.1) is 0 Å². The second-order valence-electron chi connectivity index (χ2n) is 10.5. The highest BCUT2D eigenvalue weighted by molar-refractivity contribution is 7.80. The molecule has 2 aliphatic rings.